The normalized spacial score (nSPS) is 13.9. The third-order valence-corrected chi connectivity index (χ3v) is 6.76. The van der Waals surface area contributed by atoms with Crippen molar-refractivity contribution in [1.29, 1.82) is 0 Å². The van der Waals surface area contributed by atoms with E-state index in [1.54, 1.807) is 29.2 Å². The van der Waals surface area contributed by atoms with Crippen molar-refractivity contribution < 1.29 is 13.2 Å². The predicted octanol–water partition coefficient (Wildman–Crippen LogP) is 2.97. The molecule has 2 heterocycles. The first-order valence-electron chi connectivity index (χ1n) is 8.45. The zero-order valence-corrected chi connectivity index (χ0v) is 16.2. The first-order valence-corrected chi connectivity index (χ1v) is 10.3. The summed E-state index contributed by atoms with van der Waals surface area (Å²) in [6.45, 7) is 4.97. The maximum atomic E-state index is 12.8. The fraction of sp³-hybridized carbons (Fsp3) is 0.333. The molecule has 1 aliphatic heterocycles. The van der Waals surface area contributed by atoms with Gasteiger partial charge in [0.25, 0.3) is 5.91 Å². The van der Waals surface area contributed by atoms with Gasteiger partial charge in [0.2, 0.25) is 10.0 Å². The Morgan fingerprint density at radius 1 is 1.23 bits per heavy atom. The lowest BCUT2D eigenvalue weighted by Gasteiger charge is -2.20. The van der Waals surface area contributed by atoms with Gasteiger partial charge in [-0.1, -0.05) is 25.4 Å². The van der Waals surface area contributed by atoms with Gasteiger partial charge >= 0.3 is 0 Å². The van der Waals surface area contributed by atoms with Gasteiger partial charge in [0.15, 0.2) is 0 Å². The van der Waals surface area contributed by atoms with Crippen molar-refractivity contribution in [2.45, 2.75) is 25.2 Å². The molecule has 6 nitrogen and oxygen atoms in total. The van der Waals surface area contributed by atoms with E-state index in [1.807, 2.05) is 13.8 Å². The van der Waals surface area contributed by atoms with Gasteiger partial charge in [0.1, 0.15) is 5.15 Å². The molecular weight excluding hydrogens is 374 g/mol. The lowest BCUT2D eigenvalue weighted by Crippen LogP contribution is -2.30. The number of pyridine rings is 1. The summed E-state index contributed by atoms with van der Waals surface area (Å²) in [5.41, 5.74) is 2.05. The van der Waals surface area contributed by atoms with Crippen molar-refractivity contribution >= 4 is 33.2 Å². The molecule has 0 fully saturated rings. The zero-order valence-electron chi connectivity index (χ0n) is 14.6. The van der Waals surface area contributed by atoms with Gasteiger partial charge in [-0.25, -0.2) is 13.4 Å². The number of nitrogens with zero attached hydrogens (tertiary/aromatic N) is 3. The highest BCUT2D eigenvalue weighted by molar-refractivity contribution is 7.89. The third kappa shape index (κ3) is 3.34. The average Bonchev–Trinajstić information content (AvgIpc) is 3.05. The maximum absolute atomic E-state index is 12.8. The minimum atomic E-state index is -3.51. The van der Waals surface area contributed by atoms with Crippen LogP contribution in [0.25, 0.3) is 0 Å². The number of carbonyl (C=O) groups is 1. The number of fused-ring (bicyclic) bond motifs is 1. The van der Waals surface area contributed by atoms with Gasteiger partial charge in [0.05, 0.1) is 4.90 Å². The van der Waals surface area contributed by atoms with Crippen LogP contribution in [-0.4, -0.2) is 43.2 Å². The number of amides is 1. The molecule has 1 aromatic heterocycles. The first kappa shape index (κ1) is 18.8. The highest BCUT2D eigenvalue weighted by Gasteiger charge is 2.29. The maximum Gasteiger partial charge on any atom is 0.258 e. The number of anilines is 1. The van der Waals surface area contributed by atoms with Gasteiger partial charge in [-0.3, -0.25) is 4.79 Å². The molecule has 0 aliphatic carbocycles. The van der Waals surface area contributed by atoms with Gasteiger partial charge in [-0.05, 0) is 42.3 Å². The molecule has 3 rings (SSSR count). The number of sulfonamides is 1. The number of hydrogen-bond donors (Lipinski definition) is 0. The lowest BCUT2D eigenvalue weighted by molar-refractivity contribution is 0.0989. The van der Waals surface area contributed by atoms with Crippen LogP contribution in [0.3, 0.4) is 0 Å². The lowest BCUT2D eigenvalue weighted by atomic mass is 10.1. The number of aromatic nitrogens is 1. The van der Waals surface area contributed by atoms with Crippen LogP contribution in [0.1, 0.15) is 29.8 Å². The molecule has 1 aromatic carbocycles. The summed E-state index contributed by atoms with van der Waals surface area (Å²) in [5.74, 6) is -0.174. The smallest absolute Gasteiger partial charge is 0.258 e. The van der Waals surface area contributed by atoms with Crippen LogP contribution in [0, 0.1) is 0 Å². The number of hydrogen-bond acceptors (Lipinski definition) is 4. The monoisotopic (exact) mass is 393 g/mol. The summed E-state index contributed by atoms with van der Waals surface area (Å²) in [4.78, 5) is 18.6. The quantitative estimate of drug-likeness (QED) is 0.732. The Morgan fingerprint density at radius 2 is 1.96 bits per heavy atom. The van der Waals surface area contributed by atoms with Crippen LogP contribution in [0.5, 0.6) is 0 Å². The predicted molar refractivity (Wildman–Crippen MR) is 101 cm³/mol. The van der Waals surface area contributed by atoms with Crippen LogP contribution in [0.4, 0.5) is 5.69 Å². The molecule has 0 N–H and O–H groups in total. The van der Waals surface area contributed by atoms with Gasteiger partial charge < -0.3 is 4.90 Å². The van der Waals surface area contributed by atoms with Crippen LogP contribution >= 0.6 is 11.6 Å². The minimum absolute atomic E-state index is 0.174. The Morgan fingerprint density at radius 3 is 2.62 bits per heavy atom. The van der Waals surface area contributed by atoms with Crippen molar-refractivity contribution in [3.05, 3.63) is 52.8 Å². The Kier molecular flexibility index (Phi) is 5.32. The zero-order chi connectivity index (χ0) is 18.9. The van der Waals surface area contributed by atoms with E-state index in [4.69, 9.17) is 11.6 Å². The molecule has 2 aromatic rings. The van der Waals surface area contributed by atoms with E-state index >= 15 is 0 Å². The van der Waals surface area contributed by atoms with Crippen LogP contribution in [0.2, 0.25) is 5.15 Å². The SMILES string of the molecule is CCN(CC)S(=O)(=O)c1ccc2c(c1)CCN2C(=O)c1ccnc(Cl)c1. The van der Waals surface area contributed by atoms with Crippen LogP contribution in [0.15, 0.2) is 41.4 Å². The van der Waals surface area contributed by atoms with E-state index in [1.165, 1.54) is 16.6 Å². The molecule has 0 saturated heterocycles. The molecule has 0 saturated carbocycles. The second kappa shape index (κ2) is 7.34. The standard InChI is InChI=1S/C18H20ClN3O3S/c1-3-21(4-2)26(24,25)15-5-6-16-13(11-15)8-10-22(16)18(23)14-7-9-20-17(19)12-14/h5-7,9,11-12H,3-4,8,10H2,1-2H3. The molecule has 1 amide bonds. The number of rotatable bonds is 5. The van der Waals surface area contributed by atoms with Gasteiger partial charge in [-0.2, -0.15) is 4.31 Å². The van der Waals surface area contributed by atoms with Crippen molar-refractivity contribution in [3.63, 3.8) is 0 Å². The molecule has 138 valence electrons. The Balaban J connectivity index is 1.93. The van der Waals surface area contributed by atoms with Gasteiger partial charge in [0, 0.05) is 37.1 Å². The first-order chi connectivity index (χ1) is 12.4. The highest BCUT2D eigenvalue weighted by Crippen LogP contribution is 2.32. The fourth-order valence-electron chi connectivity index (χ4n) is 3.15. The average molecular weight is 394 g/mol. The second-order valence-corrected chi connectivity index (χ2v) is 8.28. The Labute approximate surface area is 158 Å². The molecule has 8 heteroatoms. The van der Waals surface area contributed by atoms with E-state index in [2.05, 4.69) is 4.98 Å². The van der Waals surface area contributed by atoms with Crippen LogP contribution in [-0.2, 0) is 16.4 Å². The summed E-state index contributed by atoms with van der Waals surface area (Å²) in [5, 5.41) is 0.260. The Bertz CT molecular complexity index is 942. The van der Waals surface area contributed by atoms with Crippen molar-refractivity contribution in [2.24, 2.45) is 0 Å². The summed E-state index contributed by atoms with van der Waals surface area (Å²) in [6.07, 6.45) is 2.10. The number of halogens is 1. The molecule has 0 radical (unpaired) electrons. The van der Waals surface area contributed by atoms with E-state index in [0.717, 1.165) is 11.3 Å². The van der Waals surface area contributed by atoms with E-state index in [0.29, 0.717) is 31.6 Å². The molecular formula is C18H20ClN3O3S. The van der Waals surface area contributed by atoms with Crippen LogP contribution < -0.4 is 4.90 Å². The third-order valence-electron chi connectivity index (χ3n) is 4.51. The van der Waals surface area contributed by atoms with E-state index in [-0.39, 0.29) is 16.0 Å². The fourth-order valence-corrected chi connectivity index (χ4v) is 4.84. The highest BCUT2D eigenvalue weighted by atomic mass is 35.5. The van der Waals surface area contributed by atoms with Crippen molar-refractivity contribution in [3.8, 4) is 0 Å². The molecule has 0 bridgehead atoms. The summed E-state index contributed by atoms with van der Waals surface area (Å²) in [7, 11) is -3.51. The van der Waals surface area contributed by atoms with Gasteiger partial charge in [-0.15, -0.1) is 0 Å². The number of benzene rings is 1. The summed E-state index contributed by atoms with van der Waals surface area (Å²) < 4.78 is 26.8. The van der Waals surface area contributed by atoms with Crippen molar-refractivity contribution in [2.75, 3.05) is 24.5 Å². The van der Waals surface area contributed by atoms with E-state index in [9.17, 15) is 13.2 Å². The topological polar surface area (TPSA) is 70.6 Å². The second-order valence-electron chi connectivity index (χ2n) is 5.95. The Hall–Kier alpha value is -1.96. The van der Waals surface area contributed by atoms with E-state index < -0.39 is 10.0 Å². The molecule has 26 heavy (non-hydrogen) atoms. The largest absolute Gasteiger partial charge is 0.308 e. The summed E-state index contributed by atoms with van der Waals surface area (Å²) >= 11 is 5.87. The number of carbonyl (C=O) groups excluding carboxylic acids is 1. The van der Waals surface area contributed by atoms with Crippen molar-refractivity contribution in [1.82, 2.24) is 9.29 Å². The molecule has 1 aliphatic rings. The molecule has 0 unspecified atom stereocenters. The molecule has 0 atom stereocenters. The minimum Gasteiger partial charge on any atom is -0.308 e. The summed E-state index contributed by atoms with van der Waals surface area (Å²) in [6, 6.07) is 8.10. The molecule has 0 spiro atoms.